The second-order valence-electron chi connectivity index (χ2n) is 4.56. The summed E-state index contributed by atoms with van der Waals surface area (Å²) in [6.45, 7) is 1.97. The van der Waals surface area contributed by atoms with E-state index in [0.717, 1.165) is 11.1 Å². The number of ether oxygens (including phenoxy) is 1. The summed E-state index contributed by atoms with van der Waals surface area (Å²) in [4.78, 5) is 29.3. The van der Waals surface area contributed by atoms with Crippen molar-refractivity contribution >= 4 is 19.6 Å². The first-order valence-electron chi connectivity index (χ1n) is 6.22. The van der Waals surface area contributed by atoms with Crippen molar-refractivity contribution < 1.29 is 23.9 Å². The SMILES string of the molecule is COC(=O)/C(=C/c1ccc(C)cc1)CCCP(=O)(O)O. The standard InChI is InChI=1S/C14H19O5P/c1-11-5-7-12(8-6-11)10-13(14(15)19-2)4-3-9-20(16,17)18/h5-8,10H,3-4,9H2,1-2H3,(H2,16,17,18)/b13-10+. The van der Waals surface area contributed by atoms with Gasteiger partial charge in [-0.3, -0.25) is 4.57 Å². The molecule has 20 heavy (non-hydrogen) atoms. The number of aryl methyl sites for hydroxylation is 1. The first kappa shape index (κ1) is 16.6. The lowest BCUT2D eigenvalue weighted by molar-refractivity contribution is -0.136. The predicted octanol–water partition coefficient (Wildman–Crippen LogP) is 2.51. The second-order valence-corrected chi connectivity index (χ2v) is 6.34. The Morgan fingerprint density at radius 1 is 1.30 bits per heavy atom. The number of carbonyl (C=O) groups excluding carboxylic acids is 1. The Bertz CT molecular complexity index is 527. The summed E-state index contributed by atoms with van der Waals surface area (Å²) in [6, 6.07) is 7.61. The van der Waals surface area contributed by atoms with Gasteiger partial charge in [0.15, 0.2) is 0 Å². The van der Waals surface area contributed by atoms with Crippen molar-refractivity contribution in [3.8, 4) is 0 Å². The number of rotatable bonds is 6. The molecule has 0 spiro atoms. The number of hydrogen-bond acceptors (Lipinski definition) is 3. The summed E-state index contributed by atoms with van der Waals surface area (Å²) in [5.41, 5.74) is 2.38. The van der Waals surface area contributed by atoms with E-state index >= 15 is 0 Å². The van der Waals surface area contributed by atoms with Crippen LogP contribution in [0.3, 0.4) is 0 Å². The molecule has 2 N–H and O–H groups in total. The van der Waals surface area contributed by atoms with Gasteiger partial charge >= 0.3 is 13.6 Å². The van der Waals surface area contributed by atoms with Crippen LogP contribution in [0.25, 0.3) is 6.08 Å². The Morgan fingerprint density at radius 3 is 2.40 bits per heavy atom. The van der Waals surface area contributed by atoms with Gasteiger partial charge in [0.2, 0.25) is 0 Å². The van der Waals surface area contributed by atoms with Crippen LogP contribution in [0.1, 0.15) is 24.0 Å². The van der Waals surface area contributed by atoms with E-state index in [9.17, 15) is 9.36 Å². The van der Waals surface area contributed by atoms with Crippen molar-refractivity contribution in [2.45, 2.75) is 19.8 Å². The van der Waals surface area contributed by atoms with Gasteiger partial charge < -0.3 is 14.5 Å². The Morgan fingerprint density at radius 2 is 1.90 bits per heavy atom. The molecule has 0 aliphatic rings. The largest absolute Gasteiger partial charge is 0.466 e. The van der Waals surface area contributed by atoms with Gasteiger partial charge in [-0.25, -0.2) is 4.79 Å². The number of hydrogen-bond donors (Lipinski definition) is 2. The maximum absolute atomic E-state index is 11.7. The van der Waals surface area contributed by atoms with E-state index in [0.29, 0.717) is 5.57 Å². The minimum absolute atomic E-state index is 0.233. The topological polar surface area (TPSA) is 83.8 Å². The fraction of sp³-hybridized carbons (Fsp3) is 0.357. The third kappa shape index (κ3) is 6.15. The molecule has 110 valence electrons. The summed E-state index contributed by atoms with van der Waals surface area (Å²) >= 11 is 0. The van der Waals surface area contributed by atoms with Gasteiger partial charge in [0.25, 0.3) is 0 Å². The Balaban J connectivity index is 2.81. The van der Waals surface area contributed by atoms with E-state index in [2.05, 4.69) is 4.74 Å². The summed E-state index contributed by atoms with van der Waals surface area (Å²) in [5, 5.41) is 0. The molecule has 6 heteroatoms. The van der Waals surface area contributed by atoms with Crippen LogP contribution in [0.2, 0.25) is 0 Å². The van der Waals surface area contributed by atoms with Crippen LogP contribution in [0, 0.1) is 6.92 Å². The van der Waals surface area contributed by atoms with Crippen LogP contribution in [-0.2, 0) is 14.1 Å². The average Bonchev–Trinajstić information content (AvgIpc) is 2.37. The van der Waals surface area contributed by atoms with Gasteiger partial charge in [0, 0.05) is 5.57 Å². The molecule has 1 aromatic rings. The van der Waals surface area contributed by atoms with Crippen molar-refractivity contribution in [2.75, 3.05) is 13.3 Å². The van der Waals surface area contributed by atoms with Crippen LogP contribution in [0.5, 0.6) is 0 Å². The normalized spacial score (nSPS) is 12.3. The first-order valence-corrected chi connectivity index (χ1v) is 8.02. The van der Waals surface area contributed by atoms with E-state index in [4.69, 9.17) is 9.79 Å². The van der Waals surface area contributed by atoms with Crippen molar-refractivity contribution in [1.82, 2.24) is 0 Å². The van der Waals surface area contributed by atoms with Crippen LogP contribution in [0.15, 0.2) is 29.8 Å². The molecule has 0 unspecified atom stereocenters. The van der Waals surface area contributed by atoms with E-state index in [1.54, 1.807) is 6.08 Å². The quantitative estimate of drug-likeness (QED) is 0.479. The molecule has 0 bridgehead atoms. The minimum Gasteiger partial charge on any atom is -0.466 e. The van der Waals surface area contributed by atoms with Gasteiger partial charge in [-0.05, 0) is 31.4 Å². The molecule has 0 fully saturated rings. The second kappa shape index (κ2) is 7.39. The van der Waals surface area contributed by atoms with E-state index in [1.165, 1.54) is 7.11 Å². The van der Waals surface area contributed by atoms with Gasteiger partial charge in [-0.15, -0.1) is 0 Å². The molecule has 0 atom stereocenters. The van der Waals surface area contributed by atoms with Crippen LogP contribution < -0.4 is 0 Å². The maximum atomic E-state index is 11.7. The van der Waals surface area contributed by atoms with Gasteiger partial charge in [0.05, 0.1) is 13.3 Å². The maximum Gasteiger partial charge on any atom is 0.333 e. The van der Waals surface area contributed by atoms with Crippen LogP contribution >= 0.6 is 7.60 Å². The highest BCUT2D eigenvalue weighted by Gasteiger charge is 2.15. The number of benzene rings is 1. The van der Waals surface area contributed by atoms with Gasteiger partial charge in [-0.1, -0.05) is 29.8 Å². The molecule has 0 aliphatic carbocycles. The molecule has 5 nitrogen and oxygen atoms in total. The summed E-state index contributed by atoms with van der Waals surface area (Å²) in [6.07, 6.45) is 1.95. The van der Waals surface area contributed by atoms with Gasteiger partial charge in [0.1, 0.15) is 0 Å². The fourth-order valence-electron chi connectivity index (χ4n) is 1.70. The zero-order chi connectivity index (χ0) is 15.2. The Labute approximate surface area is 118 Å². The number of carbonyl (C=O) groups is 1. The Hall–Kier alpha value is -1.42. The average molecular weight is 298 g/mol. The molecule has 0 aromatic heterocycles. The summed E-state index contributed by atoms with van der Waals surface area (Å²) in [5.74, 6) is -0.476. The molecule has 0 heterocycles. The lowest BCUT2D eigenvalue weighted by Gasteiger charge is -2.07. The molecule has 1 rings (SSSR count). The van der Waals surface area contributed by atoms with Crippen molar-refractivity contribution in [3.63, 3.8) is 0 Å². The number of methoxy groups -OCH3 is 1. The highest BCUT2D eigenvalue weighted by Crippen LogP contribution is 2.35. The molecule has 1 aromatic carbocycles. The number of esters is 1. The van der Waals surface area contributed by atoms with E-state index < -0.39 is 13.6 Å². The third-order valence-corrected chi connectivity index (χ3v) is 3.66. The van der Waals surface area contributed by atoms with Crippen LogP contribution in [-0.4, -0.2) is 29.0 Å². The third-order valence-electron chi connectivity index (χ3n) is 2.76. The highest BCUT2D eigenvalue weighted by atomic mass is 31.2. The lowest BCUT2D eigenvalue weighted by atomic mass is 10.1. The van der Waals surface area contributed by atoms with Crippen molar-refractivity contribution in [1.29, 1.82) is 0 Å². The molecular formula is C14H19O5P. The minimum atomic E-state index is -4.03. The summed E-state index contributed by atoms with van der Waals surface area (Å²) < 4.78 is 15.5. The fourth-order valence-corrected chi connectivity index (χ4v) is 2.27. The lowest BCUT2D eigenvalue weighted by Crippen LogP contribution is -2.05. The molecular weight excluding hydrogens is 279 g/mol. The van der Waals surface area contributed by atoms with Crippen molar-refractivity contribution in [2.24, 2.45) is 0 Å². The zero-order valence-electron chi connectivity index (χ0n) is 11.6. The molecule has 0 radical (unpaired) electrons. The smallest absolute Gasteiger partial charge is 0.333 e. The van der Waals surface area contributed by atoms with Gasteiger partial charge in [-0.2, -0.15) is 0 Å². The van der Waals surface area contributed by atoms with Crippen molar-refractivity contribution in [3.05, 3.63) is 41.0 Å². The van der Waals surface area contributed by atoms with E-state index in [-0.39, 0.29) is 19.0 Å². The highest BCUT2D eigenvalue weighted by molar-refractivity contribution is 7.51. The zero-order valence-corrected chi connectivity index (χ0v) is 12.5. The molecule has 0 aliphatic heterocycles. The summed E-state index contributed by atoms with van der Waals surface area (Å²) in [7, 11) is -2.74. The van der Waals surface area contributed by atoms with E-state index in [1.807, 2.05) is 31.2 Å². The molecule has 0 amide bonds. The molecule has 0 saturated heterocycles. The Kier molecular flexibility index (Phi) is 6.14. The molecule has 0 saturated carbocycles. The predicted molar refractivity (Wildman–Crippen MR) is 77.3 cm³/mol. The first-order chi connectivity index (χ1) is 9.31. The van der Waals surface area contributed by atoms with Crippen LogP contribution in [0.4, 0.5) is 0 Å². The monoisotopic (exact) mass is 298 g/mol.